The van der Waals surface area contributed by atoms with E-state index in [1.807, 2.05) is 13.0 Å². The summed E-state index contributed by atoms with van der Waals surface area (Å²) in [6, 6.07) is 2.66. The molecule has 0 bridgehead atoms. The summed E-state index contributed by atoms with van der Waals surface area (Å²) in [6.45, 7) is 15.9. The van der Waals surface area contributed by atoms with Crippen molar-refractivity contribution in [1.29, 1.82) is 0 Å². The SMILES string of the molecule is C=CCN(CC)Cc1cc(CNC(C)C)c(C)o1. The molecule has 3 nitrogen and oxygen atoms in total. The molecule has 1 aromatic heterocycles. The van der Waals surface area contributed by atoms with Crippen LogP contribution in [0, 0.1) is 6.92 Å². The van der Waals surface area contributed by atoms with Gasteiger partial charge in [0.2, 0.25) is 0 Å². The van der Waals surface area contributed by atoms with Gasteiger partial charge in [-0.2, -0.15) is 0 Å². The van der Waals surface area contributed by atoms with Crippen LogP contribution in [0.25, 0.3) is 0 Å². The summed E-state index contributed by atoms with van der Waals surface area (Å²) in [4.78, 5) is 2.30. The molecule has 0 unspecified atom stereocenters. The van der Waals surface area contributed by atoms with Gasteiger partial charge in [0, 0.05) is 24.7 Å². The lowest BCUT2D eigenvalue weighted by Gasteiger charge is -2.16. The van der Waals surface area contributed by atoms with Gasteiger partial charge < -0.3 is 9.73 Å². The molecule has 0 saturated carbocycles. The van der Waals surface area contributed by atoms with Gasteiger partial charge in [-0.05, 0) is 19.5 Å². The van der Waals surface area contributed by atoms with Crippen molar-refractivity contribution in [2.24, 2.45) is 0 Å². The summed E-state index contributed by atoms with van der Waals surface area (Å²) < 4.78 is 5.81. The lowest BCUT2D eigenvalue weighted by atomic mass is 10.2. The first-order chi connectivity index (χ1) is 8.56. The first-order valence-electron chi connectivity index (χ1n) is 6.71. The van der Waals surface area contributed by atoms with E-state index in [9.17, 15) is 0 Å². The highest BCUT2D eigenvalue weighted by molar-refractivity contribution is 5.20. The fourth-order valence-corrected chi connectivity index (χ4v) is 1.86. The van der Waals surface area contributed by atoms with Crippen LogP contribution in [-0.2, 0) is 13.1 Å². The monoisotopic (exact) mass is 250 g/mol. The van der Waals surface area contributed by atoms with Gasteiger partial charge in [-0.3, -0.25) is 4.90 Å². The van der Waals surface area contributed by atoms with Gasteiger partial charge in [0.15, 0.2) is 0 Å². The minimum atomic E-state index is 0.496. The standard InChI is InChI=1S/C15H26N2O/c1-6-8-17(7-2)11-15-9-14(13(5)18-15)10-16-12(3)4/h6,9,12,16H,1,7-8,10-11H2,2-5H3. The average Bonchev–Trinajstić information content (AvgIpc) is 2.66. The van der Waals surface area contributed by atoms with Crippen LogP contribution in [0.15, 0.2) is 23.1 Å². The molecule has 3 heteroatoms. The predicted molar refractivity (Wildman–Crippen MR) is 76.6 cm³/mol. The van der Waals surface area contributed by atoms with Gasteiger partial charge in [0.05, 0.1) is 6.54 Å². The predicted octanol–water partition coefficient (Wildman–Crippen LogP) is 3.09. The van der Waals surface area contributed by atoms with Gasteiger partial charge in [-0.1, -0.05) is 26.8 Å². The van der Waals surface area contributed by atoms with Gasteiger partial charge in [-0.15, -0.1) is 6.58 Å². The number of rotatable bonds is 8. The second-order valence-electron chi connectivity index (χ2n) is 4.95. The second kappa shape index (κ2) is 7.39. The minimum Gasteiger partial charge on any atom is -0.465 e. The van der Waals surface area contributed by atoms with Crippen molar-refractivity contribution in [2.45, 2.75) is 46.8 Å². The normalized spacial score (nSPS) is 11.4. The summed E-state index contributed by atoms with van der Waals surface area (Å²) in [5.74, 6) is 2.06. The summed E-state index contributed by atoms with van der Waals surface area (Å²) >= 11 is 0. The molecule has 1 heterocycles. The fraction of sp³-hybridized carbons (Fsp3) is 0.600. The maximum absolute atomic E-state index is 5.81. The largest absolute Gasteiger partial charge is 0.465 e. The molecule has 0 aromatic carbocycles. The highest BCUT2D eigenvalue weighted by Gasteiger charge is 2.10. The second-order valence-corrected chi connectivity index (χ2v) is 4.95. The van der Waals surface area contributed by atoms with Crippen molar-refractivity contribution < 1.29 is 4.42 Å². The third-order valence-electron chi connectivity index (χ3n) is 2.99. The van der Waals surface area contributed by atoms with E-state index in [0.29, 0.717) is 6.04 Å². The highest BCUT2D eigenvalue weighted by Crippen LogP contribution is 2.16. The molecule has 0 radical (unpaired) electrons. The van der Waals surface area contributed by atoms with Crippen LogP contribution in [0.3, 0.4) is 0 Å². The van der Waals surface area contributed by atoms with E-state index in [2.05, 4.69) is 43.6 Å². The Morgan fingerprint density at radius 1 is 1.50 bits per heavy atom. The first kappa shape index (κ1) is 15.0. The summed E-state index contributed by atoms with van der Waals surface area (Å²) in [5.41, 5.74) is 1.26. The number of hydrogen-bond donors (Lipinski definition) is 1. The zero-order valence-corrected chi connectivity index (χ0v) is 12.1. The number of hydrogen-bond acceptors (Lipinski definition) is 3. The van der Waals surface area contributed by atoms with E-state index in [-0.39, 0.29) is 0 Å². The highest BCUT2D eigenvalue weighted by atomic mass is 16.3. The topological polar surface area (TPSA) is 28.4 Å². The molecule has 0 aliphatic carbocycles. The molecule has 0 saturated heterocycles. The first-order valence-corrected chi connectivity index (χ1v) is 6.71. The van der Waals surface area contributed by atoms with E-state index in [1.165, 1.54) is 5.56 Å². The zero-order chi connectivity index (χ0) is 13.5. The molecule has 0 aliphatic heterocycles. The van der Waals surface area contributed by atoms with Gasteiger partial charge in [0.25, 0.3) is 0 Å². The van der Waals surface area contributed by atoms with Crippen LogP contribution >= 0.6 is 0 Å². The lowest BCUT2D eigenvalue weighted by molar-refractivity contribution is 0.279. The maximum atomic E-state index is 5.81. The average molecular weight is 250 g/mol. The van der Waals surface area contributed by atoms with Crippen molar-refractivity contribution in [1.82, 2.24) is 10.2 Å². The number of nitrogens with one attached hydrogen (secondary N) is 1. The lowest BCUT2D eigenvalue weighted by Crippen LogP contribution is -2.22. The molecule has 18 heavy (non-hydrogen) atoms. The fourth-order valence-electron chi connectivity index (χ4n) is 1.86. The Hall–Kier alpha value is -1.06. The molecule has 1 rings (SSSR count). The number of aryl methyl sites for hydroxylation is 1. The summed E-state index contributed by atoms with van der Waals surface area (Å²) in [6.07, 6.45) is 1.93. The van der Waals surface area contributed by atoms with Gasteiger partial charge >= 0.3 is 0 Å². The minimum absolute atomic E-state index is 0.496. The third kappa shape index (κ3) is 4.67. The molecule has 0 fully saturated rings. The van der Waals surface area contributed by atoms with Crippen molar-refractivity contribution in [2.75, 3.05) is 13.1 Å². The van der Waals surface area contributed by atoms with Crippen molar-refractivity contribution in [3.63, 3.8) is 0 Å². The number of nitrogens with zero attached hydrogens (tertiary/aromatic N) is 1. The van der Waals surface area contributed by atoms with Crippen LogP contribution in [-0.4, -0.2) is 24.0 Å². The van der Waals surface area contributed by atoms with Gasteiger partial charge in [-0.25, -0.2) is 0 Å². The van der Waals surface area contributed by atoms with Crippen LogP contribution in [0.2, 0.25) is 0 Å². The van der Waals surface area contributed by atoms with Crippen molar-refractivity contribution in [3.05, 3.63) is 35.8 Å². The van der Waals surface area contributed by atoms with Crippen molar-refractivity contribution in [3.8, 4) is 0 Å². The van der Waals surface area contributed by atoms with E-state index in [0.717, 1.165) is 37.7 Å². The Morgan fingerprint density at radius 2 is 2.22 bits per heavy atom. The number of likely N-dealkylation sites (N-methyl/N-ethyl adjacent to an activating group) is 1. The molecule has 0 spiro atoms. The Kier molecular flexibility index (Phi) is 6.16. The number of furan rings is 1. The van der Waals surface area contributed by atoms with E-state index < -0.39 is 0 Å². The molecule has 0 atom stereocenters. The molecule has 102 valence electrons. The molecular weight excluding hydrogens is 224 g/mol. The molecule has 0 amide bonds. The third-order valence-corrected chi connectivity index (χ3v) is 2.99. The van der Waals surface area contributed by atoms with Crippen LogP contribution in [0.4, 0.5) is 0 Å². The molecule has 0 aliphatic rings. The van der Waals surface area contributed by atoms with Crippen molar-refractivity contribution >= 4 is 0 Å². The Morgan fingerprint density at radius 3 is 2.78 bits per heavy atom. The molecular formula is C15H26N2O. The molecule has 1 N–H and O–H groups in total. The quantitative estimate of drug-likeness (QED) is 0.719. The molecule has 1 aromatic rings. The van der Waals surface area contributed by atoms with Gasteiger partial charge in [0.1, 0.15) is 11.5 Å². The van der Waals surface area contributed by atoms with Crippen LogP contribution < -0.4 is 5.32 Å². The summed E-state index contributed by atoms with van der Waals surface area (Å²) in [7, 11) is 0. The van der Waals surface area contributed by atoms with E-state index in [1.54, 1.807) is 0 Å². The Balaban J connectivity index is 2.62. The van der Waals surface area contributed by atoms with Crippen LogP contribution in [0.1, 0.15) is 37.9 Å². The smallest absolute Gasteiger partial charge is 0.118 e. The summed E-state index contributed by atoms with van der Waals surface area (Å²) in [5, 5.41) is 3.42. The Bertz CT molecular complexity index is 369. The van der Waals surface area contributed by atoms with Crippen LogP contribution in [0.5, 0.6) is 0 Å². The van der Waals surface area contributed by atoms with E-state index >= 15 is 0 Å². The van der Waals surface area contributed by atoms with E-state index in [4.69, 9.17) is 4.42 Å². The Labute approximate surface area is 111 Å². The maximum Gasteiger partial charge on any atom is 0.118 e. The zero-order valence-electron chi connectivity index (χ0n) is 12.1.